The molecule has 2 atom stereocenters. The highest BCUT2D eigenvalue weighted by atomic mass is 15.3. The van der Waals surface area contributed by atoms with Crippen LogP contribution in [0.1, 0.15) is 30.7 Å². The van der Waals surface area contributed by atoms with E-state index in [0.717, 1.165) is 36.3 Å². The summed E-state index contributed by atoms with van der Waals surface area (Å²) < 4.78 is 0. The third-order valence-electron chi connectivity index (χ3n) is 5.45. The molecule has 2 saturated heterocycles. The number of hydrogen-bond donors (Lipinski definition) is 2. The molecule has 4 N–H and O–H groups in total. The molecule has 2 aliphatic heterocycles. The van der Waals surface area contributed by atoms with E-state index in [1.54, 1.807) is 0 Å². The summed E-state index contributed by atoms with van der Waals surface area (Å²) in [5.41, 5.74) is 13.2. The maximum Gasteiger partial charge on any atom is 0.223 e. The van der Waals surface area contributed by atoms with Crippen molar-refractivity contribution in [1.29, 1.82) is 0 Å². The van der Waals surface area contributed by atoms with Crippen LogP contribution in [0, 0.1) is 11.8 Å². The number of nitrogens with zero attached hydrogens (tertiary/aromatic N) is 4. The molecule has 4 rings (SSSR count). The van der Waals surface area contributed by atoms with Crippen LogP contribution in [-0.2, 0) is 0 Å². The third kappa shape index (κ3) is 2.12. The van der Waals surface area contributed by atoms with Crippen LogP contribution in [0.25, 0.3) is 0 Å². The summed E-state index contributed by atoms with van der Waals surface area (Å²) in [6, 6.07) is 0. The topological polar surface area (TPSA) is 84.3 Å². The van der Waals surface area contributed by atoms with E-state index in [0.29, 0.717) is 17.7 Å². The van der Waals surface area contributed by atoms with E-state index >= 15 is 0 Å². The summed E-state index contributed by atoms with van der Waals surface area (Å²) in [6.45, 7) is 4.53. The lowest BCUT2D eigenvalue weighted by Crippen LogP contribution is -2.30. The van der Waals surface area contributed by atoms with Crippen molar-refractivity contribution in [3.63, 3.8) is 0 Å². The van der Waals surface area contributed by atoms with Gasteiger partial charge in [-0.25, -0.2) is 0 Å². The number of hydrogen-bond acceptors (Lipinski definition) is 6. The molecule has 0 aromatic carbocycles. The summed E-state index contributed by atoms with van der Waals surface area (Å²) in [5.74, 6) is 3.95. The van der Waals surface area contributed by atoms with E-state index < -0.39 is 0 Å². The van der Waals surface area contributed by atoms with Gasteiger partial charge in [0.05, 0.1) is 0 Å². The van der Waals surface area contributed by atoms with Crippen LogP contribution < -0.4 is 16.4 Å². The van der Waals surface area contributed by atoms with Gasteiger partial charge in [-0.1, -0.05) is 6.42 Å². The predicted octanol–water partition coefficient (Wildman–Crippen LogP) is 0.906. The molecule has 6 nitrogen and oxygen atoms in total. The number of rotatable bonds is 2. The van der Waals surface area contributed by atoms with Gasteiger partial charge in [0.25, 0.3) is 0 Å². The van der Waals surface area contributed by atoms with Gasteiger partial charge in [0.15, 0.2) is 0 Å². The first-order chi connectivity index (χ1) is 10.1. The molecule has 0 bridgehead atoms. The largest absolute Gasteiger partial charge is 0.383 e. The molecule has 0 spiro atoms. The van der Waals surface area contributed by atoms with Gasteiger partial charge in [0.2, 0.25) is 5.95 Å². The van der Waals surface area contributed by atoms with Crippen molar-refractivity contribution in [2.75, 3.05) is 49.6 Å². The highest BCUT2D eigenvalue weighted by Gasteiger charge is 2.40. The van der Waals surface area contributed by atoms with E-state index in [9.17, 15) is 0 Å². The maximum absolute atomic E-state index is 6.17. The molecular weight excluding hydrogens is 264 g/mol. The van der Waals surface area contributed by atoms with Crippen LogP contribution in [-0.4, -0.2) is 48.1 Å². The molecule has 0 unspecified atom stereocenters. The summed E-state index contributed by atoms with van der Waals surface area (Å²) in [4.78, 5) is 13.6. The molecule has 3 aliphatic rings. The number of fused-ring (bicyclic) bond motifs is 1. The maximum atomic E-state index is 6.17. The quantitative estimate of drug-likeness (QED) is 0.841. The minimum Gasteiger partial charge on any atom is -0.383 e. The van der Waals surface area contributed by atoms with E-state index in [4.69, 9.17) is 11.5 Å². The van der Waals surface area contributed by atoms with E-state index in [-0.39, 0.29) is 0 Å². The van der Waals surface area contributed by atoms with E-state index in [1.165, 1.54) is 32.4 Å². The van der Waals surface area contributed by atoms with Crippen molar-refractivity contribution in [2.24, 2.45) is 11.8 Å². The van der Waals surface area contributed by atoms with Crippen molar-refractivity contribution >= 4 is 17.6 Å². The molecule has 114 valence electrons. The van der Waals surface area contributed by atoms with E-state index in [1.807, 2.05) is 0 Å². The van der Waals surface area contributed by atoms with Crippen molar-refractivity contribution < 1.29 is 0 Å². The van der Waals surface area contributed by atoms with Crippen LogP contribution in [0.5, 0.6) is 0 Å². The molecule has 0 radical (unpaired) electrons. The number of likely N-dealkylation sites (tertiary alicyclic amines) is 1. The Balaban J connectivity index is 1.65. The number of nitrogen functional groups attached to an aromatic ring is 2. The molecule has 1 aliphatic carbocycles. The van der Waals surface area contributed by atoms with Gasteiger partial charge in [0, 0.05) is 31.7 Å². The Morgan fingerprint density at radius 2 is 1.67 bits per heavy atom. The first-order valence-electron chi connectivity index (χ1n) is 7.98. The molecule has 3 heterocycles. The molecule has 21 heavy (non-hydrogen) atoms. The summed E-state index contributed by atoms with van der Waals surface area (Å²) in [7, 11) is 2.21. The van der Waals surface area contributed by atoms with Crippen LogP contribution in [0.4, 0.5) is 17.6 Å². The number of anilines is 3. The smallest absolute Gasteiger partial charge is 0.223 e. The molecule has 1 aromatic rings. The van der Waals surface area contributed by atoms with Gasteiger partial charge in [0.1, 0.15) is 11.6 Å². The molecular formula is C15H24N6. The highest BCUT2D eigenvalue weighted by Crippen LogP contribution is 2.44. The molecule has 1 saturated carbocycles. The minimum atomic E-state index is 0.305. The third-order valence-corrected chi connectivity index (χ3v) is 5.45. The lowest BCUT2D eigenvalue weighted by atomic mass is 9.80. The average molecular weight is 288 g/mol. The predicted molar refractivity (Wildman–Crippen MR) is 84.1 cm³/mol. The van der Waals surface area contributed by atoms with Crippen LogP contribution >= 0.6 is 0 Å². The van der Waals surface area contributed by atoms with Gasteiger partial charge in [-0.15, -0.1) is 0 Å². The van der Waals surface area contributed by atoms with E-state index in [2.05, 4.69) is 26.8 Å². The Morgan fingerprint density at radius 3 is 2.24 bits per heavy atom. The first kappa shape index (κ1) is 13.1. The Labute approximate surface area is 125 Å². The second kappa shape index (κ2) is 4.73. The Morgan fingerprint density at radius 1 is 1.00 bits per heavy atom. The van der Waals surface area contributed by atoms with Gasteiger partial charge >= 0.3 is 0 Å². The van der Waals surface area contributed by atoms with Gasteiger partial charge in [-0.05, 0) is 37.6 Å². The van der Waals surface area contributed by atoms with Crippen molar-refractivity contribution in [3.8, 4) is 0 Å². The Hall–Kier alpha value is -1.56. The second-order valence-corrected chi connectivity index (χ2v) is 6.98. The van der Waals surface area contributed by atoms with Crippen LogP contribution in [0.3, 0.4) is 0 Å². The van der Waals surface area contributed by atoms with Crippen LogP contribution in [0.15, 0.2) is 0 Å². The number of nitrogens with two attached hydrogens (primary N) is 2. The normalized spacial score (nSPS) is 29.7. The summed E-state index contributed by atoms with van der Waals surface area (Å²) in [5, 5.41) is 0. The summed E-state index contributed by atoms with van der Waals surface area (Å²) >= 11 is 0. The van der Waals surface area contributed by atoms with Gasteiger partial charge < -0.3 is 21.3 Å². The fourth-order valence-corrected chi connectivity index (χ4v) is 4.22. The fraction of sp³-hybridized carbons (Fsp3) is 0.733. The van der Waals surface area contributed by atoms with Gasteiger partial charge in [-0.2, -0.15) is 9.97 Å². The standard InChI is InChI=1S/C15H24N6/c1-20-5-10-7-21(8-11(10)6-20)14-12(9-3-2-4-9)13(16)18-15(17)19-14/h9-11H,2-8H2,1H3,(H4,16,17,18,19)/t10-,11+. The van der Waals surface area contributed by atoms with Crippen molar-refractivity contribution in [3.05, 3.63) is 5.56 Å². The van der Waals surface area contributed by atoms with Crippen molar-refractivity contribution in [2.45, 2.75) is 25.2 Å². The highest BCUT2D eigenvalue weighted by molar-refractivity contribution is 5.62. The molecule has 1 aromatic heterocycles. The Bertz CT molecular complexity index is 541. The average Bonchev–Trinajstić information content (AvgIpc) is 2.86. The Kier molecular flexibility index (Phi) is 2.96. The molecule has 0 amide bonds. The molecule has 6 heteroatoms. The zero-order valence-corrected chi connectivity index (χ0v) is 12.6. The zero-order chi connectivity index (χ0) is 14.6. The number of aromatic nitrogens is 2. The lowest BCUT2D eigenvalue weighted by Gasteiger charge is -2.31. The SMILES string of the molecule is CN1C[C@@H]2CN(c3nc(N)nc(N)c3C3CCC3)C[C@@H]2C1. The summed E-state index contributed by atoms with van der Waals surface area (Å²) in [6.07, 6.45) is 3.69. The second-order valence-electron chi connectivity index (χ2n) is 6.98. The monoisotopic (exact) mass is 288 g/mol. The van der Waals surface area contributed by atoms with Crippen molar-refractivity contribution in [1.82, 2.24) is 14.9 Å². The fourth-order valence-electron chi connectivity index (χ4n) is 4.22. The van der Waals surface area contributed by atoms with Crippen LogP contribution in [0.2, 0.25) is 0 Å². The minimum absolute atomic E-state index is 0.305. The van der Waals surface area contributed by atoms with Gasteiger partial charge in [-0.3, -0.25) is 0 Å². The first-order valence-corrected chi connectivity index (χ1v) is 7.98. The lowest BCUT2D eigenvalue weighted by molar-refractivity contribution is 0.386. The zero-order valence-electron chi connectivity index (χ0n) is 12.6. The molecule has 3 fully saturated rings.